The van der Waals surface area contributed by atoms with Crippen molar-refractivity contribution in [2.24, 2.45) is 5.73 Å². The molecule has 72 valence electrons. The molecule has 0 bridgehead atoms. The molecule has 0 amide bonds. The van der Waals surface area contributed by atoms with E-state index in [0.29, 0.717) is 0 Å². The monoisotopic (exact) mass is 188 g/mol. The summed E-state index contributed by atoms with van der Waals surface area (Å²) in [7, 11) is 0. The number of ether oxygens (including phenoxy) is 1. The van der Waals surface area contributed by atoms with Crippen LogP contribution < -0.4 is 10.5 Å². The normalized spacial score (nSPS) is 20.7. The number of allylic oxidation sites excluding steroid dienone is 1. The minimum Gasteiger partial charge on any atom is -0.477 e. The number of aryl methyl sites for hydroxylation is 1. The van der Waals surface area contributed by atoms with Gasteiger partial charge in [0, 0.05) is 18.2 Å². The van der Waals surface area contributed by atoms with Gasteiger partial charge >= 0.3 is 0 Å². The Kier molecular flexibility index (Phi) is 1.54. The first-order chi connectivity index (χ1) is 6.90. The van der Waals surface area contributed by atoms with Crippen LogP contribution in [0.3, 0.4) is 0 Å². The summed E-state index contributed by atoms with van der Waals surface area (Å²) in [4.78, 5) is 4.31. The first kappa shape index (κ1) is 7.85. The molecule has 0 fully saturated rings. The Bertz CT molecular complexity index is 424. The van der Waals surface area contributed by atoms with E-state index in [-0.39, 0.29) is 0 Å². The number of nitrogens with zero attached hydrogens (tertiary/aromatic N) is 1. The summed E-state index contributed by atoms with van der Waals surface area (Å²) in [6.07, 6.45) is 6.74. The van der Waals surface area contributed by atoms with E-state index < -0.39 is 0 Å². The van der Waals surface area contributed by atoms with E-state index in [1.54, 1.807) is 6.20 Å². The van der Waals surface area contributed by atoms with Crippen LogP contribution in [0.2, 0.25) is 0 Å². The summed E-state index contributed by atoms with van der Waals surface area (Å²) in [5, 5.41) is 0. The van der Waals surface area contributed by atoms with E-state index in [0.717, 1.165) is 31.7 Å². The smallest absolute Gasteiger partial charge is 0.217 e. The molecule has 2 aliphatic rings. The molecule has 0 saturated carbocycles. The summed E-state index contributed by atoms with van der Waals surface area (Å²) in [6.45, 7) is 0.761. The number of aromatic nitrogens is 1. The highest BCUT2D eigenvalue weighted by molar-refractivity contribution is 5.75. The van der Waals surface area contributed by atoms with Gasteiger partial charge in [-0.05, 0) is 35.7 Å². The van der Waals surface area contributed by atoms with Crippen LogP contribution in [0.15, 0.2) is 12.4 Å². The van der Waals surface area contributed by atoms with Crippen LogP contribution in [0.1, 0.15) is 23.1 Å². The summed E-state index contributed by atoms with van der Waals surface area (Å²) >= 11 is 0. The molecule has 2 heterocycles. The molecule has 0 unspecified atom stereocenters. The lowest BCUT2D eigenvalue weighted by Gasteiger charge is -2.05. The van der Waals surface area contributed by atoms with Gasteiger partial charge in [0.1, 0.15) is 0 Å². The lowest BCUT2D eigenvalue weighted by Crippen LogP contribution is -1.93. The van der Waals surface area contributed by atoms with E-state index in [1.807, 2.05) is 6.20 Å². The van der Waals surface area contributed by atoms with Gasteiger partial charge in [-0.25, -0.2) is 4.98 Å². The Balaban J connectivity index is 2.26. The van der Waals surface area contributed by atoms with Gasteiger partial charge < -0.3 is 10.5 Å². The molecule has 0 saturated heterocycles. The van der Waals surface area contributed by atoms with Crippen molar-refractivity contribution >= 4 is 5.57 Å². The van der Waals surface area contributed by atoms with Crippen molar-refractivity contribution in [3.63, 3.8) is 0 Å². The third-order valence-corrected chi connectivity index (χ3v) is 3.00. The number of rotatable bonds is 0. The lowest BCUT2D eigenvalue weighted by atomic mass is 10.0. The molecule has 1 aliphatic heterocycles. The summed E-state index contributed by atoms with van der Waals surface area (Å²) in [5.41, 5.74) is 10.8. The van der Waals surface area contributed by atoms with Crippen LogP contribution in [-0.2, 0) is 12.8 Å². The van der Waals surface area contributed by atoms with Crippen LogP contribution >= 0.6 is 0 Å². The Labute approximate surface area is 82.6 Å². The van der Waals surface area contributed by atoms with Crippen molar-refractivity contribution in [2.75, 3.05) is 6.61 Å². The average Bonchev–Trinajstić information content (AvgIpc) is 2.82. The Hall–Kier alpha value is -1.51. The van der Waals surface area contributed by atoms with Gasteiger partial charge in [-0.1, -0.05) is 0 Å². The maximum Gasteiger partial charge on any atom is 0.217 e. The highest BCUT2D eigenvalue weighted by atomic mass is 16.5. The number of pyridine rings is 1. The van der Waals surface area contributed by atoms with Crippen molar-refractivity contribution in [2.45, 2.75) is 19.3 Å². The maximum atomic E-state index is 5.62. The fourth-order valence-electron chi connectivity index (χ4n) is 2.34. The van der Waals surface area contributed by atoms with Gasteiger partial charge in [0.2, 0.25) is 5.88 Å². The van der Waals surface area contributed by atoms with Crippen LogP contribution in [0.25, 0.3) is 5.57 Å². The van der Waals surface area contributed by atoms with E-state index in [9.17, 15) is 0 Å². The summed E-state index contributed by atoms with van der Waals surface area (Å²) < 4.78 is 5.44. The number of fused-ring (bicyclic) bond motifs is 3. The zero-order valence-electron chi connectivity index (χ0n) is 7.92. The third kappa shape index (κ3) is 0.895. The standard InChI is InChI=1S/C11H12N2O/c12-5-7-1-2-8-6-13-11-9(10(7)8)3-4-14-11/h5-6H,1-4,12H2/b7-5+. The van der Waals surface area contributed by atoms with Crippen molar-refractivity contribution in [3.05, 3.63) is 29.1 Å². The van der Waals surface area contributed by atoms with Crippen LogP contribution in [-0.4, -0.2) is 11.6 Å². The SMILES string of the molecule is N/C=C1\CCc2cnc3c(c21)CCO3. The Morgan fingerprint density at radius 1 is 1.36 bits per heavy atom. The van der Waals surface area contributed by atoms with Crippen molar-refractivity contribution in [3.8, 4) is 5.88 Å². The molecular formula is C11H12N2O. The molecule has 0 atom stereocenters. The second-order valence-electron chi connectivity index (χ2n) is 3.73. The number of hydrogen-bond donors (Lipinski definition) is 1. The fourth-order valence-corrected chi connectivity index (χ4v) is 2.34. The molecule has 1 aromatic rings. The predicted molar refractivity (Wildman–Crippen MR) is 53.9 cm³/mol. The molecule has 14 heavy (non-hydrogen) atoms. The molecule has 3 heteroatoms. The maximum absolute atomic E-state index is 5.62. The molecule has 3 nitrogen and oxygen atoms in total. The number of hydrogen-bond acceptors (Lipinski definition) is 3. The molecule has 1 aromatic heterocycles. The first-order valence-corrected chi connectivity index (χ1v) is 4.95. The predicted octanol–water partition coefficient (Wildman–Crippen LogP) is 1.26. The van der Waals surface area contributed by atoms with Gasteiger partial charge in [0.15, 0.2) is 0 Å². The molecule has 0 radical (unpaired) electrons. The molecular weight excluding hydrogens is 176 g/mol. The van der Waals surface area contributed by atoms with Crippen molar-refractivity contribution in [1.82, 2.24) is 4.98 Å². The van der Waals surface area contributed by atoms with E-state index in [4.69, 9.17) is 10.5 Å². The fraction of sp³-hybridized carbons (Fsp3) is 0.364. The van der Waals surface area contributed by atoms with Gasteiger partial charge in [-0.15, -0.1) is 0 Å². The zero-order valence-corrected chi connectivity index (χ0v) is 7.92. The molecule has 0 aromatic carbocycles. The second kappa shape index (κ2) is 2.74. The molecule has 1 aliphatic carbocycles. The lowest BCUT2D eigenvalue weighted by molar-refractivity contribution is 0.344. The minimum absolute atomic E-state index is 0.761. The quantitative estimate of drug-likeness (QED) is 0.666. The Morgan fingerprint density at radius 3 is 3.14 bits per heavy atom. The first-order valence-electron chi connectivity index (χ1n) is 4.95. The van der Waals surface area contributed by atoms with Crippen LogP contribution in [0.5, 0.6) is 5.88 Å². The Morgan fingerprint density at radius 2 is 2.29 bits per heavy atom. The topological polar surface area (TPSA) is 48.1 Å². The van der Waals surface area contributed by atoms with Crippen LogP contribution in [0.4, 0.5) is 0 Å². The zero-order chi connectivity index (χ0) is 9.54. The van der Waals surface area contributed by atoms with Crippen LogP contribution in [0, 0.1) is 0 Å². The van der Waals surface area contributed by atoms with E-state index >= 15 is 0 Å². The summed E-state index contributed by atoms with van der Waals surface area (Å²) in [6, 6.07) is 0. The number of nitrogens with two attached hydrogens (primary N) is 1. The van der Waals surface area contributed by atoms with E-state index in [2.05, 4.69) is 4.98 Å². The van der Waals surface area contributed by atoms with Crippen molar-refractivity contribution in [1.29, 1.82) is 0 Å². The van der Waals surface area contributed by atoms with Gasteiger partial charge in [0.25, 0.3) is 0 Å². The molecule has 2 N–H and O–H groups in total. The van der Waals surface area contributed by atoms with Gasteiger partial charge in [0.05, 0.1) is 6.61 Å². The minimum atomic E-state index is 0.761. The largest absolute Gasteiger partial charge is 0.477 e. The van der Waals surface area contributed by atoms with Gasteiger partial charge in [-0.2, -0.15) is 0 Å². The van der Waals surface area contributed by atoms with Crippen molar-refractivity contribution < 1.29 is 4.74 Å². The summed E-state index contributed by atoms with van der Waals surface area (Å²) in [5.74, 6) is 0.810. The second-order valence-corrected chi connectivity index (χ2v) is 3.73. The molecule has 3 rings (SSSR count). The third-order valence-electron chi connectivity index (χ3n) is 3.00. The highest BCUT2D eigenvalue weighted by Gasteiger charge is 2.26. The highest BCUT2D eigenvalue weighted by Crippen LogP contribution is 2.39. The van der Waals surface area contributed by atoms with E-state index in [1.165, 1.54) is 22.3 Å². The molecule has 0 spiro atoms. The average molecular weight is 188 g/mol. The van der Waals surface area contributed by atoms with Gasteiger partial charge in [-0.3, -0.25) is 0 Å².